The summed E-state index contributed by atoms with van der Waals surface area (Å²) in [6.07, 6.45) is 8.21. The van der Waals surface area contributed by atoms with Gasteiger partial charge in [-0.15, -0.1) is 0 Å². The molecule has 1 unspecified atom stereocenters. The van der Waals surface area contributed by atoms with E-state index in [-0.39, 0.29) is 0 Å². The topological polar surface area (TPSA) is 18.5 Å². The number of hydrogen-bond acceptors (Lipinski definition) is 3. The van der Waals surface area contributed by atoms with Gasteiger partial charge in [0.2, 0.25) is 0 Å². The zero-order valence-corrected chi connectivity index (χ0v) is 13.0. The normalized spacial score (nSPS) is 29.1. The van der Waals surface area contributed by atoms with Crippen molar-refractivity contribution < 1.29 is 0 Å². The van der Waals surface area contributed by atoms with Gasteiger partial charge < -0.3 is 15.1 Å². The van der Waals surface area contributed by atoms with Gasteiger partial charge in [-0.1, -0.05) is 6.92 Å². The second-order valence-corrected chi connectivity index (χ2v) is 6.58. The van der Waals surface area contributed by atoms with Crippen LogP contribution in [-0.4, -0.2) is 62.2 Å². The van der Waals surface area contributed by atoms with Crippen molar-refractivity contribution in [3.8, 4) is 0 Å². The zero-order chi connectivity index (χ0) is 13.5. The van der Waals surface area contributed by atoms with E-state index in [9.17, 15) is 0 Å². The van der Waals surface area contributed by atoms with Crippen LogP contribution in [-0.2, 0) is 0 Å². The Hall–Kier alpha value is -0.120. The summed E-state index contributed by atoms with van der Waals surface area (Å²) < 4.78 is 0. The van der Waals surface area contributed by atoms with E-state index in [1.54, 1.807) is 0 Å². The van der Waals surface area contributed by atoms with Crippen molar-refractivity contribution in [2.75, 3.05) is 46.3 Å². The van der Waals surface area contributed by atoms with Gasteiger partial charge in [-0.3, -0.25) is 0 Å². The van der Waals surface area contributed by atoms with Crippen molar-refractivity contribution in [3.63, 3.8) is 0 Å². The molecule has 0 aliphatic carbocycles. The van der Waals surface area contributed by atoms with E-state index < -0.39 is 0 Å². The first kappa shape index (κ1) is 15.3. The molecule has 0 spiro atoms. The van der Waals surface area contributed by atoms with Crippen molar-refractivity contribution in [2.24, 2.45) is 5.92 Å². The van der Waals surface area contributed by atoms with Crippen molar-refractivity contribution in [2.45, 2.75) is 51.5 Å². The fourth-order valence-electron chi connectivity index (χ4n) is 3.45. The van der Waals surface area contributed by atoms with Crippen LogP contribution in [0, 0.1) is 5.92 Å². The first-order chi connectivity index (χ1) is 9.28. The molecule has 0 bridgehead atoms. The fourth-order valence-corrected chi connectivity index (χ4v) is 3.45. The van der Waals surface area contributed by atoms with E-state index in [0.29, 0.717) is 0 Å². The Labute approximate surface area is 119 Å². The molecule has 0 amide bonds. The Morgan fingerprint density at radius 2 is 1.84 bits per heavy atom. The third-order valence-corrected chi connectivity index (χ3v) is 5.06. The Balaban J connectivity index is 1.66. The molecule has 0 radical (unpaired) electrons. The Morgan fingerprint density at radius 1 is 1.05 bits per heavy atom. The van der Waals surface area contributed by atoms with E-state index in [2.05, 4.69) is 29.1 Å². The fraction of sp³-hybridized carbons (Fsp3) is 1.00. The van der Waals surface area contributed by atoms with E-state index in [4.69, 9.17) is 0 Å². The van der Waals surface area contributed by atoms with Gasteiger partial charge in [0.05, 0.1) is 0 Å². The minimum atomic E-state index is 0.756. The molecule has 1 N–H and O–H groups in total. The van der Waals surface area contributed by atoms with Crippen LogP contribution in [0.3, 0.4) is 0 Å². The molecule has 2 fully saturated rings. The van der Waals surface area contributed by atoms with Crippen LogP contribution in [0.5, 0.6) is 0 Å². The molecule has 2 aliphatic rings. The highest BCUT2D eigenvalue weighted by Crippen LogP contribution is 2.20. The van der Waals surface area contributed by atoms with Crippen molar-refractivity contribution >= 4 is 0 Å². The van der Waals surface area contributed by atoms with E-state index in [1.807, 2.05) is 0 Å². The maximum atomic E-state index is 3.67. The second kappa shape index (κ2) is 8.23. The van der Waals surface area contributed by atoms with Crippen LogP contribution in [0.4, 0.5) is 0 Å². The lowest BCUT2D eigenvalue weighted by molar-refractivity contribution is 0.176. The number of hydrogen-bond donors (Lipinski definition) is 1. The summed E-state index contributed by atoms with van der Waals surface area (Å²) in [5, 5.41) is 3.67. The molecule has 0 aromatic heterocycles. The summed E-state index contributed by atoms with van der Waals surface area (Å²) in [7, 11) is 2.26. The molecule has 0 aromatic carbocycles. The summed E-state index contributed by atoms with van der Waals surface area (Å²) in [5.41, 5.74) is 0. The third kappa shape index (κ3) is 5.41. The molecule has 2 rings (SSSR count). The Bertz CT molecular complexity index is 236. The molecule has 0 aromatic rings. The van der Waals surface area contributed by atoms with E-state index in [1.165, 1.54) is 77.8 Å². The zero-order valence-electron chi connectivity index (χ0n) is 13.0. The molecule has 19 heavy (non-hydrogen) atoms. The minimum absolute atomic E-state index is 0.756. The van der Waals surface area contributed by atoms with Crippen LogP contribution < -0.4 is 5.32 Å². The summed E-state index contributed by atoms with van der Waals surface area (Å²) in [4.78, 5) is 5.20. The highest BCUT2D eigenvalue weighted by Gasteiger charge is 2.18. The van der Waals surface area contributed by atoms with Gasteiger partial charge in [-0.05, 0) is 90.8 Å². The highest BCUT2D eigenvalue weighted by molar-refractivity contribution is 4.75. The largest absolute Gasteiger partial charge is 0.314 e. The van der Waals surface area contributed by atoms with E-state index >= 15 is 0 Å². The molecule has 2 aliphatic heterocycles. The van der Waals surface area contributed by atoms with Gasteiger partial charge in [0, 0.05) is 6.04 Å². The predicted octanol–water partition coefficient (Wildman–Crippen LogP) is 2.18. The van der Waals surface area contributed by atoms with Crippen molar-refractivity contribution in [3.05, 3.63) is 0 Å². The maximum absolute atomic E-state index is 3.67. The van der Waals surface area contributed by atoms with Gasteiger partial charge >= 0.3 is 0 Å². The van der Waals surface area contributed by atoms with Crippen molar-refractivity contribution in [1.29, 1.82) is 0 Å². The SMILES string of the molecule is CCC1CCN(CCC2CCN(C)CC2)CCCN1. The summed E-state index contributed by atoms with van der Waals surface area (Å²) in [5.74, 6) is 0.988. The Morgan fingerprint density at radius 3 is 2.58 bits per heavy atom. The molecular formula is C16H33N3. The number of piperidine rings is 1. The van der Waals surface area contributed by atoms with Crippen LogP contribution in [0.25, 0.3) is 0 Å². The van der Waals surface area contributed by atoms with E-state index in [0.717, 1.165) is 12.0 Å². The average molecular weight is 267 g/mol. The summed E-state index contributed by atoms with van der Waals surface area (Å²) in [6, 6.07) is 0.756. The van der Waals surface area contributed by atoms with Crippen LogP contribution in [0.15, 0.2) is 0 Å². The summed E-state index contributed by atoms with van der Waals surface area (Å²) >= 11 is 0. The van der Waals surface area contributed by atoms with Crippen LogP contribution in [0.2, 0.25) is 0 Å². The number of nitrogens with zero attached hydrogens (tertiary/aromatic N) is 2. The number of nitrogens with one attached hydrogen (secondary N) is 1. The maximum Gasteiger partial charge on any atom is 0.00766 e. The second-order valence-electron chi connectivity index (χ2n) is 6.58. The van der Waals surface area contributed by atoms with Crippen LogP contribution in [0.1, 0.15) is 45.4 Å². The van der Waals surface area contributed by atoms with Gasteiger partial charge in [0.25, 0.3) is 0 Å². The number of likely N-dealkylation sites (tertiary alicyclic amines) is 1. The first-order valence-corrected chi connectivity index (χ1v) is 8.42. The van der Waals surface area contributed by atoms with Gasteiger partial charge in [-0.2, -0.15) is 0 Å². The molecule has 2 heterocycles. The molecule has 3 heteroatoms. The summed E-state index contributed by atoms with van der Waals surface area (Å²) in [6.45, 7) is 10.1. The average Bonchev–Trinajstić information content (AvgIpc) is 2.40. The first-order valence-electron chi connectivity index (χ1n) is 8.42. The molecule has 1 atom stereocenters. The van der Waals surface area contributed by atoms with Gasteiger partial charge in [-0.25, -0.2) is 0 Å². The monoisotopic (exact) mass is 267 g/mol. The highest BCUT2D eigenvalue weighted by atomic mass is 15.1. The molecule has 0 saturated carbocycles. The quantitative estimate of drug-likeness (QED) is 0.842. The predicted molar refractivity (Wildman–Crippen MR) is 82.6 cm³/mol. The third-order valence-electron chi connectivity index (χ3n) is 5.06. The van der Waals surface area contributed by atoms with Crippen LogP contribution >= 0.6 is 0 Å². The standard InChI is InChI=1S/C16H33N3/c1-3-16-8-14-19(10-4-9-17-16)13-7-15-5-11-18(2)12-6-15/h15-17H,3-14H2,1-2H3. The lowest BCUT2D eigenvalue weighted by Gasteiger charge is -2.32. The van der Waals surface area contributed by atoms with Crippen molar-refractivity contribution in [1.82, 2.24) is 15.1 Å². The smallest absolute Gasteiger partial charge is 0.00766 e. The van der Waals surface area contributed by atoms with Gasteiger partial charge in [0.1, 0.15) is 0 Å². The lowest BCUT2D eigenvalue weighted by Crippen LogP contribution is -2.40. The molecule has 2 saturated heterocycles. The minimum Gasteiger partial charge on any atom is -0.314 e. The Kier molecular flexibility index (Phi) is 6.62. The van der Waals surface area contributed by atoms with Gasteiger partial charge in [0.15, 0.2) is 0 Å². The number of rotatable bonds is 4. The molecule has 3 nitrogen and oxygen atoms in total. The lowest BCUT2D eigenvalue weighted by atomic mass is 9.93. The molecular weight excluding hydrogens is 234 g/mol. The molecule has 112 valence electrons.